The van der Waals surface area contributed by atoms with E-state index < -0.39 is 11.7 Å². The van der Waals surface area contributed by atoms with Crippen LogP contribution in [0.2, 0.25) is 0 Å². The predicted molar refractivity (Wildman–Crippen MR) is 70.3 cm³/mol. The third-order valence-electron chi connectivity index (χ3n) is 3.75. The summed E-state index contributed by atoms with van der Waals surface area (Å²) < 4.78 is 37.7. The van der Waals surface area contributed by atoms with E-state index in [9.17, 15) is 18.3 Å². The molecule has 0 bridgehead atoms. The molecule has 1 aliphatic heterocycles. The molecule has 1 aliphatic rings. The van der Waals surface area contributed by atoms with Crippen molar-refractivity contribution < 1.29 is 18.3 Å². The van der Waals surface area contributed by atoms with Crippen molar-refractivity contribution >= 4 is 0 Å². The van der Waals surface area contributed by atoms with Crippen molar-refractivity contribution in [3.05, 3.63) is 35.4 Å². The van der Waals surface area contributed by atoms with Crippen LogP contribution < -0.4 is 5.32 Å². The molecule has 3 nitrogen and oxygen atoms in total. The summed E-state index contributed by atoms with van der Waals surface area (Å²) in [6.07, 6.45) is -4.32. The molecule has 112 valence electrons. The zero-order valence-corrected chi connectivity index (χ0v) is 11.3. The number of aliphatic hydroxyl groups excluding tert-OH is 1. The molecule has 1 heterocycles. The van der Waals surface area contributed by atoms with Gasteiger partial charge in [-0.15, -0.1) is 0 Å². The smallest absolute Gasteiger partial charge is 0.394 e. The van der Waals surface area contributed by atoms with Gasteiger partial charge >= 0.3 is 6.18 Å². The second-order valence-electron chi connectivity index (χ2n) is 5.11. The lowest BCUT2D eigenvalue weighted by molar-refractivity contribution is -0.137. The molecule has 0 radical (unpaired) electrons. The monoisotopic (exact) mass is 288 g/mol. The van der Waals surface area contributed by atoms with E-state index in [-0.39, 0.29) is 18.7 Å². The second kappa shape index (κ2) is 6.11. The number of benzene rings is 1. The quantitative estimate of drug-likeness (QED) is 0.893. The number of hydrogen-bond acceptors (Lipinski definition) is 3. The Balaban J connectivity index is 2.19. The number of nitrogens with zero attached hydrogens (tertiary/aromatic N) is 1. The summed E-state index contributed by atoms with van der Waals surface area (Å²) in [4.78, 5) is 2.12. The van der Waals surface area contributed by atoms with Gasteiger partial charge in [0.25, 0.3) is 0 Å². The molecule has 1 saturated heterocycles. The Hall–Kier alpha value is -1.11. The van der Waals surface area contributed by atoms with Crippen LogP contribution in [0.25, 0.3) is 0 Å². The van der Waals surface area contributed by atoms with Crippen molar-refractivity contribution in [3.63, 3.8) is 0 Å². The highest BCUT2D eigenvalue weighted by atomic mass is 19.4. The maximum Gasteiger partial charge on any atom is 0.416 e. The summed E-state index contributed by atoms with van der Waals surface area (Å²) in [5.41, 5.74) is 0.0561. The maximum absolute atomic E-state index is 12.6. The standard InChI is InChI=1S/C14H19F3N2O/c1-10-8-18-6-7-19(10)13(9-20)11-2-4-12(5-3-11)14(15,16)17/h2-5,10,13,18,20H,6-9H2,1H3. The van der Waals surface area contributed by atoms with Crippen LogP contribution in [0, 0.1) is 0 Å². The summed E-state index contributed by atoms with van der Waals surface area (Å²) >= 11 is 0. The second-order valence-corrected chi connectivity index (χ2v) is 5.11. The fraction of sp³-hybridized carbons (Fsp3) is 0.571. The van der Waals surface area contributed by atoms with Gasteiger partial charge in [0.15, 0.2) is 0 Å². The van der Waals surface area contributed by atoms with E-state index in [1.54, 1.807) is 0 Å². The molecule has 0 aromatic heterocycles. The molecular weight excluding hydrogens is 269 g/mol. The van der Waals surface area contributed by atoms with Crippen molar-refractivity contribution in [2.45, 2.75) is 25.2 Å². The highest BCUT2D eigenvalue weighted by Gasteiger charge is 2.31. The number of halogens is 3. The molecule has 0 saturated carbocycles. The number of hydrogen-bond donors (Lipinski definition) is 2. The first-order valence-electron chi connectivity index (χ1n) is 6.68. The van der Waals surface area contributed by atoms with Gasteiger partial charge in [0, 0.05) is 25.7 Å². The third kappa shape index (κ3) is 3.31. The van der Waals surface area contributed by atoms with Gasteiger partial charge in [-0.1, -0.05) is 12.1 Å². The number of alkyl halides is 3. The molecule has 2 N–H and O–H groups in total. The zero-order chi connectivity index (χ0) is 14.8. The molecule has 2 atom stereocenters. The van der Waals surface area contributed by atoms with Gasteiger partial charge < -0.3 is 10.4 Å². The molecule has 0 amide bonds. The van der Waals surface area contributed by atoms with Crippen LogP contribution in [-0.2, 0) is 6.18 Å². The molecule has 20 heavy (non-hydrogen) atoms. The van der Waals surface area contributed by atoms with Crippen molar-refractivity contribution in [1.82, 2.24) is 10.2 Å². The third-order valence-corrected chi connectivity index (χ3v) is 3.75. The summed E-state index contributed by atoms with van der Waals surface area (Å²) in [5.74, 6) is 0. The Morgan fingerprint density at radius 3 is 2.50 bits per heavy atom. The van der Waals surface area contributed by atoms with Crippen molar-refractivity contribution in [2.24, 2.45) is 0 Å². The number of piperazine rings is 1. The van der Waals surface area contributed by atoms with Crippen LogP contribution in [0.1, 0.15) is 24.1 Å². The first-order valence-corrected chi connectivity index (χ1v) is 6.68. The highest BCUT2D eigenvalue weighted by Crippen LogP contribution is 2.31. The van der Waals surface area contributed by atoms with Crippen molar-refractivity contribution in [1.29, 1.82) is 0 Å². The molecular formula is C14H19F3N2O. The average molecular weight is 288 g/mol. The molecule has 2 rings (SSSR count). The van der Waals surface area contributed by atoms with E-state index in [2.05, 4.69) is 10.2 Å². The Morgan fingerprint density at radius 1 is 1.35 bits per heavy atom. The lowest BCUT2D eigenvalue weighted by Crippen LogP contribution is -2.51. The van der Waals surface area contributed by atoms with E-state index >= 15 is 0 Å². The average Bonchev–Trinajstić information content (AvgIpc) is 2.41. The van der Waals surface area contributed by atoms with E-state index in [0.717, 1.165) is 31.8 Å². The summed E-state index contributed by atoms with van der Waals surface area (Å²) in [6.45, 7) is 4.35. The lowest BCUT2D eigenvalue weighted by Gasteiger charge is -2.39. The summed E-state index contributed by atoms with van der Waals surface area (Å²) in [7, 11) is 0. The summed E-state index contributed by atoms with van der Waals surface area (Å²) in [6, 6.07) is 5.05. The lowest BCUT2D eigenvalue weighted by atomic mass is 10.0. The maximum atomic E-state index is 12.6. The molecule has 2 unspecified atom stereocenters. The van der Waals surface area contributed by atoms with Gasteiger partial charge in [0.2, 0.25) is 0 Å². The van der Waals surface area contributed by atoms with Crippen LogP contribution >= 0.6 is 0 Å². The van der Waals surface area contributed by atoms with Gasteiger partial charge in [0.1, 0.15) is 0 Å². The van der Waals surface area contributed by atoms with E-state index in [1.807, 2.05) is 6.92 Å². The molecule has 1 aromatic carbocycles. The molecule has 0 spiro atoms. The largest absolute Gasteiger partial charge is 0.416 e. The van der Waals surface area contributed by atoms with Crippen molar-refractivity contribution in [2.75, 3.05) is 26.2 Å². The summed E-state index contributed by atoms with van der Waals surface area (Å²) in [5, 5.41) is 12.8. The number of aliphatic hydroxyl groups is 1. The zero-order valence-electron chi connectivity index (χ0n) is 11.3. The Bertz CT molecular complexity index is 433. The minimum atomic E-state index is -4.32. The molecule has 1 aromatic rings. The fourth-order valence-corrected chi connectivity index (χ4v) is 2.62. The predicted octanol–water partition coefficient (Wildman–Crippen LogP) is 2.03. The van der Waals surface area contributed by atoms with Gasteiger partial charge in [-0.2, -0.15) is 13.2 Å². The van der Waals surface area contributed by atoms with Crippen LogP contribution in [0.5, 0.6) is 0 Å². The first kappa shape index (κ1) is 15.3. The van der Waals surface area contributed by atoms with Crippen molar-refractivity contribution in [3.8, 4) is 0 Å². The molecule has 1 fully saturated rings. The first-order chi connectivity index (χ1) is 9.43. The minimum Gasteiger partial charge on any atom is -0.394 e. The molecule has 6 heteroatoms. The Kier molecular flexibility index (Phi) is 4.67. The number of nitrogens with one attached hydrogen (secondary N) is 1. The van der Waals surface area contributed by atoms with Crippen LogP contribution in [0.15, 0.2) is 24.3 Å². The molecule has 0 aliphatic carbocycles. The fourth-order valence-electron chi connectivity index (χ4n) is 2.62. The SMILES string of the molecule is CC1CNCCN1C(CO)c1ccc(C(F)(F)F)cc1. The number of rotatable bonds is 3. The van der Waals surface area contributed by atoms with E-state index in [4.69, 9.17) is 0 Å². The van der Waals surface area contributed by atoms with Crippen LogP contribution in [0.3, 0.4) is 0 Å². The highest BCUT2D eigenvalue weighted by molar-refractivity contribution is 5.27. The van der Waals surface area contributed by atoms with Gasteiger partial charge in [-0.25, -0.2) is 0 Å². The topological polar surface area (TPSA) is 35.5 Å². The van der Waals surface area contributed by atoms with Gasteiger partial charge in [-0.05, 0) is 24.6 Å². The Labute approximate surface area is 116 Å². The van der Waals surface area contributed by atoms with Gasteiger partial charge in [0.05, 0.1) is 18.2 Å². The van der Waals surface area contributed by atoms with Crippen LogP contribution in [-0.4, -0.2) is 42.3 Å². The normalized spacial score (nSPS) is 22.8. The van der Waals surface area contributed by atoms with Gasteiger partial charge in [-0.3, -0.25) is 4.90 Å². The van der Waals surface area contributed by atoms with E-state index in [0.29, 0.717) is 5.56 Å². The van der Waals surface area contributed by atoms with Crippen LogP contribution in [0.4, 0.5) is 13.2 Å². The van der Waals surface area contributed by atoms with E-state index in [1.165, 1.54) is 12.1 Å². The Morgan fingerprint density at radius 2 is 2.00 bits per heavy atom. The minimum absolute atomic E-state index is 0.101.